The van der Waals surface area contributed by atoms with Gasteiger partial charge in [-0.3, -0.25) is 0 Å². The van der Waals surface area contributed by atoms with Gasteiger partial charge in [-0.2, -0.15) is 0 Å². The van der Waals surface area contributed by atoms with E-state index in [1.165, 1.54) is 31.2 Å². The monoisotopic (exact) mass is 218 g/mol. The van der Waals surface area contributed by atoms with Crippen LogP contribution in [0.4, 0.5) is 0 Å². The SMILES string of the molecule is CCCCCCc1cccc2c1COC2=O. The van der Waals surface area contributed by atoms with E-state index in [9.17, 15) is 4.79 Å². The number of carbonyl (C=O) groups excluding carboxylic acids is 1. The number of hydrogen-bond acceptors (Lipinski definition) is 2. The lowest BCUT2D eigenvalue weighted by Gasteiger charge is -2.05. The summed E-state index contributed by atoms with van der Waals surface area (Å²) in [6.07, 6.45) is 6.10. The zero-order chi connectivity index (χ0) is 11.4. The lowest BCUT2D eigenvalue weighted by atomic mass is 9.98. The van der Waals surface area contributed by atoms with Gasteiger partial charge in [0.25, 0.3) is 0 Å². The van der Waals surface area contributed by atoms with Gasteiger partial charge < -0.3 is 4.74 Å². The highest BCUT2D eigenvalue weighted by atomic mass is 16.5. The number of ether oxygens (including phenoxy) is 1. The average Bonchev–Trinajstić information content (AvgIpc) is 2.68. The van der Waals surface area contributed by atoms with Crippen molar-refractivity contribution >= 4 is 5.97 Å². The highest BCUT2D eigenvalue weighted by molar-refractivity contribution is 5.93. The first-order valence-corrected chi connectivity index (χ1v) is 6.11. The Morgan fingerprint density at radius 1 is 1.25 bits per heavy atom. The van der Waals surface area contributed by atoms with Gasteiger partial charge in [0, 0.05) is 5.56 Å². The quantitative estimate of drug-likeness (QED) is 0.558. The van der Waals surface area contributed by atoms with Crippen molar-refractivity contribution in [2.45, 2.75) is 45.6 Å². The van der Waals surface area contributed by atoms with Crippen LogP contribution in [0.5, 0.6) is 0 Å². The summed E-state index contributed by atoms with van der Waals surface area (Å²) >= 11 is 0. The largest absolute Gasteiger partial charge is 0.457 e. The van der Waals surface area contributed by atoms with Gasteiger partial charge in [0.15, 0.2) is 0 Å². The van der Waals surface area contributed by atoms with Gasteiger partial charge >= 0.3 is 5.97 Å². The molecule has 0 spiro atoms. The van der Waals surface area contributed by atoms with E-state index in [0.717, 1.165) is 17.5 Å². The molecule has 1 heterocycles. The summed E-state index contributed by atoms with van der Waals surface area (Å²) in [4.78, 5) is 11.4. The third-order valence-corrected chi connectivity index (χ3v) is 3.14. The van der Waals surface area contributed by atoms with Gasteiger partial charge in [-0.25, -0.2) is 4.79 Å². The average molecular weight is 218 g/mol. The maximum absolute atomic E-state index is 11.4. The predicted octanol–water partition coefficient (Wildman–Crippen LogP) is 3.48. The van der Waals surface area contributed by atoms with E-state index >= 15 is 0 Å². The fourth-order valence-corrected chi connectivity index (χ4v) is 2.19. The van der Waals surface area contributed by atoms with Crippen LogP contribution in [0, 0.1) is 0 Å². The van der Waals surface area contributed by atoms with Crippen molar-refractivity contribution in [3.63, 3.8) is 0 Å². The highest BCUT2D eigenvalue weighted by Gasteiger charge is 2.22. The molecule has 16 heavy (non-hydrogen) atoms. The number of esters is 1. The van der Waals surface area contributed by atoms with Crippen LogP contribution in [0.15, 0.2) is 18.2 Å². The number of fused-ring (bicyclic) bond motifs is 1. The number of carbonyl (C=O) groups is 1. The Kier molecular flexibility index (Phi) is 3.60. The second-order valence-corrected chi connectivity index (χ2v) is 4.33. The van der Waals surface area contributed by atoms with E-state index in [2.05, 4.69) is 13.0 Å². The zero-order valence-corrected chi connectivity index (χ0v) is 9.79. The second-order valence-electron chi connectivity index (χ2n) is 4.33. The molecule has 0 amide bonds. The summed E-state index contributed by atoms with van der Waals surface area (Å²) in [5, 5.41) is 0. The first kappa shape index (κ1) is 11.2. The van der Waals surface area contributed by atoms with Crippen LogP contribution in [0.3, 0.4) is 0 Å². The van der Waals surface area contributed by atoms with E-state index in [1.807, 2.05) is 12.1 Å². The molecule has 0 N–H and O–H groups in total. The van der Waals surface area contributed by atoms with Crippen molar-refractivity contribution in [1.82, 2.24) is 0 Å². The van der Waals surface area contributed by atoms with Crippen LogP contribution in [0.25, 0.3) is 0 Å². The molecule has 1 aliphatic rings. The number of cyclic esters (lactones) is 1. The molecule has 0 aromatic heterocycles. The molecule has 86 valence electrons. The third kappa shape index (κ3) is 2.26. The maximum atomic E-state index is 11.4. The molecule has 2 rings (SSSR count). The standard InChI is InChI=1S/C14H18O2/c1-2-3-4-5-7-11-8-6-9-12-13(11)10-16-14(12)15/h6,8-9H,2-5,7,10H2,1H3. The topological polar surface area (TPSA) is 26.3 Å². The fraction of sp³-hybridized carbons (Fsp3) is 0.500. The minimum atomic E-state index is -0.162. The Morgan fingerprint density at radius 2 is 2.12 bits per heavy atom. The summed E-state index contributed by atoms with van der Waals surface area (Å²) in [5.41, 5.74) is 3.18. The number of aryl methyl sites for hydroxylation is 1. The summed E-state index contributed by atoms with van der Waals surface area (Å²) < 4.78 is 5.05. The molecule has 0 saturated carbocycles. The zero-order valence-electron chi connectivity index (χ0n) is 9.79. The molecule has 0 saturated heterocycles. The van der Waals surface area contributed by atoms with Crippen LogP contribution in [0.2, 0.25) is 0 Å². The van der Waals surface area contributed by atoms with Crippen molar-refractivity contribution in [1.29, 1.82) is 0 Å². The molecular formula is C14H18O2. The van der Waals surface area contributed by atoms with Crippen molar-refractivity contribution < 1.29 is 9.53 Å². The molecular weight excluding hydrogens is 200 g/mol. The van der Waals surface area contributed by atoms with Gasteiger partial charge in [-0.15, -0.1) is 0 Å². The minimum absolute atomic E-state index is 0.162. The van der Waals surface area contributed by atoms with Gasteiger partial charge in [0.1, 0.15) is 6.61 Å². The highest BCUT2D eigenvalue weighted by Crippen LogP contribution is 2.24. The van der Waals surface area contributed by atoms with E-state index in [4.69, 9.17) is 4.74 Å². The first-order chi connectivity index (χ1) is 7.83. The van der Waals surface area contributed by atoms with Crippen molar-refractivity contribution in [2.24, 2.45) is 0 Å². The molecule has 2 heteroatoms. The molecule has 0 atom stereocenters. The lowest BCUT2D eigenvalue weighted by molar-refractivity contribution is 0.0535. The third-order valence-electron chi connectivity index (χ3n) is 3.14. The van der Waals surface area contributed by atoms with Crippen LogP contribution in [-0.4, -0.2) is 5.97 Å². The van der Waals surface area contributed by atoms with Crippen molar-refractivity contribution in [3.05, 3.63) is 34.9 Å². The molecule has 1 aromatic rings. The summed E-state index contributed by atoms with van der Waals surface area (Å²) in [5.74, 6) is -0.162. The molecule has 2 nitrogen and oxygen atoms in total. The number of unbranched alkanes of at least 4 members (excludes halogenated alkanes) is 3. The number of rotatable bonds is 5. The number of benzene rings is 1. The fourth-order valence-electron chi connectivity index (χ4n) is 2.19. The smallest absolute Gasteiger partial charge is 0.338 e. The molecule has 0 aliphatic carbocycles. The maximum Gasteiger partial charge on any atom is 0.338 e. The summed E-state index contributed by atoms with van der Waals surface area (Å²) in [7, 11) is 0. The van der Waals surface area contributed by atoms with Gasteiger partial charge in [0.2, 0.25) is 0 Å². The van der Waals surface area contributed by atoms with Crippen LogP contribution in [-0.2, 0) is 17.8 Å². The molecule has 1 aromatic carbocycles. The Labute approximate surface area is 96.6 Å². The molecule has 0 radical (unpaired) electrons. The molecule has 1 aliphatic heterocycles. The second kappa shape index (κ2) is 5.15. The predicted molar refractivity (Wildman–Crippen MR) is 63.4 cm³/mol. The van der Waals surface area contributed by atoms with Gasteiger partial charge in [-0.1, -0.05) is 38.3 Å². The van der Waals surface area contributed by atoms with Crippen molar-refractivity contribution in [3.8, 4) is 0 Å². The summed E-state index contributed by atoms with van der Waals surface area (Å²) in [6.45, 7) is 2.69. The van der Waals surface area contributed by atoms with Gasteiger partial charge in [0.05, 0.1) is 5.56 Å². The molecule has 0 bridgehead atoms. The van der Waals surface area contributed by atoms with E-state index in [1.54, 1.807) is 0 Å². The normalized spacial score (nSPS) is 13.7. The Bertz CT molecular complexity index is 382. The van der Waals surface area contributed by atoms with E-state index in [0.29, 0.717) is 6.61 Å². The molecule has 0 fully saturated rings. The van der Waals surface area contributed by atoms with Gasteiger partial charge in [-0.05, 0) is 24.5 Å². The van der Waals surface area contributed by atoms with Crippen LogP contribution >= 0.6 is 0 Å². The van der Waals surface area contributed by atoms with E-state index < -0.39 is 0 Å². The first-order valence-electron chi connectivity index (χ1n) is 6.11. The Balaban J connectivity index is 2.02. The molecule has 0 unspecified atom stereocenters. The minimum Gasteiger partial charge on any atom is -0.457 e. The van der Waals surface area contributed by atoms with Crippen LogP contribution in [0.1, 0.15) is 54.1 Å². The van der Waals surface area contributed by atoms with E-state index in [-0.39, 0.29) is 5.97 Å². The van der Waals surface area contributed by atoms with Crippen LogP contribution < -0.4 is 0 Å². The number of hydrogen-bond donors (Lipinski definition) is 0. The lowest BCUT2D eigenvalue weighted by Crippen LogP contribution is -1.96. The Morgan fingerprint density at radius 3 is 2.94 bits per heavy atom. The summed E-state index contributed by atoms with van der Waals surface area (Å²) in [6, 6.07) is 5.94. The van der Waals surface area contributed by atoms with Crippen molar-refractivity contribution in [2.75, 3.05) is 0 Å². The Hall–Kier alpha value is -1.31.